The first kappa shape index (κ1) is 14.5. The van der Waals surface area contributed by atoms with E-state index in [2.05, 4.69) is 20.9 Å². The highest BCUT2D eigenvalue weighted by Gasteiger charge is 2.00. The second-order valence-corrected chi connectivity index (χ2v) is 5.88. The molecular weight excluding hydrogens is 326 g/mol. The second-order valence-electron chi connectivity index (χ2n) is 4.03. The van der Waals surface area contributed by atoms with Gasteiger partial charge in [0.25, 0.3) is 0 Å². The van der Waals surface area contributed by atoms with Gasteiger partial charge in [-0.05, 0) is 31.2 Å². The van der Waals surface area contributed by atoms with Crippen LogP contribution in [0, 0.1) is 6.92 Å². The van der Waals surface area contributed by atoms with Crippen molar-refractivity contribution >= 4 is 27.3 Å². The van der Waals surface area contributed by atoms with E-state index in [0.29, 0.717) is 19.8 Å². The fourth-order valence-electron chi connectivity index (χ4n) is 1.58. The van der Waals surface area contributed by atoms with Crippen LogP contribution in [0.5, 0.6) is 5.75 Å². The fourth-order valence-corrected chi connectivity index (χ4v) is 2.61. The molecule has 19 heavy (non-hydrogen) atoms. The summed E-state index contributed by atoms with van der Waals surface area (Å²) in [6.07, 6.45) is 0.925. The van der Waals surface area contributed by atoms with E-state index in [1.807, 2.05) is 36.7 Å². The predicted molar refractivity (Wildman–Crippen MR) is 81.0 cm³/mol. The molecule has 0 saturated heterocycles. The Labute approximate surface area is 125 Å². The van der Waals surface area contributed by atoms with Crippen molar-refractivity contribution in [1.82, 2.24) is 4.98 Å². The summed E-state index contributed by atoms with van der Waals surface area (Å²) in [5.41, 5.74) is 2.99. The van der Waals surface area contributed by atoms with E-state index >= 15 is 0 Å². The smallest absolute Gasteiger partial charge is 0.119 e. The van der Waals surface area contributed by atoms with Crippen LogP contribution in [0.1, 0.15) is 10.6 Å². The lowest BCUT2D eigenvalue weighted by atomic mass is 10.3. The fraction of sp³-hybridized carbons (Fsp3) is 0.357. The summed E-state index contributed by atoms with van der Waals surface area (Å²) in [5.74, 6) is 0.866. The van der Waals surface area contributed by atoms with Crippen LogP contribution >= 0.6 is 27.3 Å². The molecule has 0 aliphatic heterocycles. The zero-order valence-electron chi connectivity index (χ0n) is 10.8. The minimum atomic E-state index is 0.573. The first-order valence-corrected chi connectivity index (χ1v) is 7.78. The predicted octanol–water partition coefficient (Wildman–Crippen LogP) is 3.85. The number of thiazole rings is 1. The average molecular weight is 342 g/mol. The Morgan fingerprint density at radius 3 is 2.63 bits per heavy atom. The number of aryl methyl sites for hydroxylation is 1. The van der Waals surface area contributed by atoms with E-state index in [9.17, 15) is 0 Å². The van der Waals surface area contributed by atoms with E-state index in [1.54, 1.807) is 11.3 Å². The highest BCUT2D eigenvalue weighted by molar-refractivity contribution is 9.10. The lowest BCUT2D eigenvalue weighted by molar-refractivity contribution is 0.103. The number of rotatable bonds is 7. The summed E-state index contributed by atoms with van der Waals surface area (Å²) >= 11 is 5.07. The van der Waals surface area contributed by atoms with Gasteiger partial charge in [0, 0.05) is 15.8 Å². The number of halogens is 1. The SMILES string of the molecule is Cc1ncsc1CCOCCOc1ccc(Br)cc1. The lowest BCUT2D eigenvalue weighted by Gasteiger charge is -2.07. The Morgan fingerprint density at radius 2 is 1.95 bits per heavy atom. The Balaban J connectivity index is 1.57. The highest BCUT2D eigenvalue weighted by atomic mass is 79.9. The summed E-state index contributed by atoms with van der Waals surface area (Å²) in [7, 11) is 0. The molecule has 0 aliphatic carbocycles. The maximum Gasteiger partial charge on any atom is 0.119 e. The molecule has 0 bridgehead atoms. The van der Waals surface area contributed by atoms with E-state index < -0.39 is 0 Å². The van der Waals surface area contributed by atoms with Crippen molar-refractivity contribution in [2.45, 2.75) is 13.3 Å². The molecule has 5 heteroatoms. The lowest BCUT2D eigenvalue weighted by Crippen LogP contribution is -2.08. The minimum Gasteiger partial charge on any atom is -0.491 e. The Kier molecular flexibility index (Phi) is 5.82. The molecule has 0 radical (unpaired) electrons. The van der Waals surface area contributed by atoms with Crippen LogP contribution in [0.2, 0.25) is 0 Å². The van der Waals surface area contributed by atoms with Gasteiger partial charge in [0.1, 0.15) is 12.4 Å². The van der Waals surface area contributed by atoms with Crippen LogP contribution in [0.25, 0.3) is 0 Å². The molecule has 3 nitrogen and oxygen atoms in total. The van der Waals surface area contributed by atoms with Crippen molar-refractivity contribution in [3.05, 3.63) is 44.8 Å². The molecule has 102 valence electrons. The van der Waals surface area contributed by atoms with Crippen molar-refractivity contribution in [3.8, 4) is 5.75 Å². The van der Waals surface area contributed by atoms with Crippen molar-refractivity contribution < 1.29 is 9.47 Å². The van der Waals surface area contributed by atoms with Gasteiger partial charge in [-0.3, -0.25) is 0 Å². The molecule has 0 saturated carbocycles. The zero-order valence-corrected chi connectivity index (χ0v) is 13.2. The molecule has 0 N–H and O–H groups in total. The van der Waals surface area contributed by atoms with E-state index in [4.69, 9.17) is 9.47 Å². The Hall–Kier alpha value is -0.910. The maximum absolute atomic E-state index is 5.57. The van der Waals surface area contributed by atoms with Crippen LogP contribution in [0.4, 0.5) is 0 Å². The minimum absolute atomic E-state index is 0.573. The van der Waals surface area contributed by atoms with Gasteiger partial charge in [-0.2, -0.15) is 0 Å². The molecule has 2 rings (SSSR count). The number of ether oxygens (including phenoxy) is 2. The molecule has 0 unspecified atom stereocenters. The van der Waals surface area contributed by atoms with Gasteiger partial charge in [-0.25, -0.2) is 4.98 Å². The second kappa shape index (κ2) is 7.62. The third kappa shape index (κ3) is 4.93. The molecule has 0 fully saturated rings. The van der Waals surface area contributed by atoms with Crippen LogP contribution < -0.4 is 4.74 Å². The number of hydrogen-bond donors (Lipinski definition) is 0. The van der Waals surface area contributed by atoms with Gasteiger partial charge in [-0.15, -0.1) is 11.3 Å². The third-order valence-corrected chi connectivity index (χ3v) is 4.15. The van der Waals surface area contributed by atoms with Crippen molar-refractivity contribution in [1.29, 1.82) is 0 Å². The van der Waals surface area contributed by atoms with Gasteiger partial charge in [0.2, 0.25) is 0 Å². The van der Waals surface area contributed by atoms with Gasteiger partial charge in [-0.1, -0.05) is 15.9 Å². The maximum atomic E-state index is 5.57. The molecule has 0 amide bonds. The van der Waals surface area contributed by atoms with Gasteiger partial charge >= 0.3 is 0 Å². The quantitative estimate of drug-likeness (QED) is 0.716. The molecular formula is C14H16BrNO2S. The Morgan fingerprint density at radius 1 is 1.16 bits per heavy atom. The normalized spacial score (nSPS) is 10.6. The topological polar surface area (TPSA) is 31.4 Å². The van der Waals surface area contributed by atoms with Gasteiger partial charge < -0.3 is 9.47 Å². The van der Waals surface area contributed by atoms with E-state index in [-0.39, 0.29) is 0 Å². The molecule has 2 aromatic rings. The monoisotopic (exact) mass is 341 g/mol. The van der Waals surface area contributed by atoms with Crippen LogP contribution in [0.15, 0.2) is 34.2 Å². The number of aromatic nitrogens is 1. The number of benzene rings is 1. The first-order chi connectivity index (χ1) is 9.25. The Bertz CT molecular complexity index is 498. The number of hydrogen-bond acceptors (Lipinski definition) is 4. The molecule has 1 aromatic carbocycles. The average Bonchev–Trinajstić information content (AvgIpc) is 2.81. The molecule has 0 spiro atoms. The molecule has 0 aliphatic rings. The number of nitrogens with zero attached hydrogens (tertiary/aromatic N) is 1. The largest absolute Gasteiger partial charge is 0.491 e. The highest BCUT2D eigenvalue weighted by Crippen LogP contribution is 2.16. The van der Waals surface area contributed by atoms with Gasteiger partial charge in [0.05, 0.1) is 24.4 Å². The first-order valence-electron chi connectivity index (χ1n) is 6.11. The summed E-state index contributed by atoms with van der Waals surface area (Å²) in [6.45, 7) is 3.92. The summed E-state index contributed by atoms with van der Waals surface area (Å²) in [4.78, 5) is 5.51. The van der Waals surface area contributed by atoms with Crippen molar-refractivity contribution in [2.24, 2.45) is 0 Å². The van der Waals surface area contributed by atoms with Gasteiger partial charge in [0.15, 0.2) is 0 Å². The van der Waals surface area contributed by atoms with E-state index in [1.165, 1.54) is 4.88 Å². The third-order valence-electron chi connectivity index (χ3n) is 2.63. The summed E-state index contributed by atoms with van der Waals surface area (Å²) < 4.78 is 12.2. The van der Waals surface area contributed by atoms with Crippen molar-refractivity contribution in [3.63, 3.8) is 0 Å². The summed E-state index contributed by atoms with van der Waals surface area (Å²) in [6, 6.07) is 7.79. The van der Waals surface area contributed by atoms with Crippen LogP contribution in [-0.4, -0.2) is 24.8 Å². The standard InChI is InChI=1S/C14H16BrNO2S/c1-11-14(19-10-16-11)6-7-17-8-9-18-13-4-2-12(15)3-5-13/h2-5,10H,6-9H2,1H3. The molecule has 1 aromatic heterocycles. The zero-order chi connectivity index (χ0) is 13.5. The summed E-state index contributed by atoms with van der Waals surface area (Å²) in [5, 5.41) is 0. The van der Waals surface area contributed by atoms with Crippen molar-refractivity contribution in [2.75, 3.05) is 19.8 Å². The van der Waals surface area contributed by atoms with Crippen LogP contribution in [0.3, 0.4) is 0 Å². The molecule has 0 atom stereocenters. The molecule has 1 heterocycles. The van der Waals surface area contributed by atoms with Crippen LogP contribution in [-0.2, 0) is 11.2 Å². The van der Waals surface area contributed by atoms with E-state index in [0.717, 1.165) is 22.3 Å².